The number of allylic oxidation sites excluding steroid dienone is 1. The second-order valence-corrected chi connectivity index (χ2v) is 5.18. The molecule has 2 aromatic carbocycles. The highest BCUT2D eigenvalue weighted by Gasteiger charge is 2.17. The molecule has 108 valence electrons. The maximum atomic E-state index is 12.4. The molecule has 1 amide bonds. The summed E-state index contributed by atoms with van der Waals surface area (Å²) in [5.41, 5.74) is 1.97. The summed E-state index contributed by atoms with van der Waals surface area (Å²) in [6.45, 7) is 4.52. The van der Waals surface area contributed by atoms with Gasteiger partial charge in [0.1, 0.15) is 0 Å². The summed E-state index contributed by atoms with van der Waals surface area (Å²) in [6, 6.07) is 19.7. The van der Waals surface area contributed by atoms with Gasteiger partial charge in [-0.15, -0.1) is 6.58 Å². The molecular weight excluding hydrogens is 258 g/mol. The maximum Gasteiger partial charge on any atom is 0.253 e. The summed E-state index contributed by atoms with van der Waals surface area (Å²) in [5, 5.41) is 0. The van der Waals surface area contributed by atoms with Crippen LogP contribution in [0.3, 0.4) is 0 Å². The molecule has 0 radical (unpaired) electrons. The zero-order chi connectivity index (χ0) is 15.1. The van der Waals surface area contributed by atoms with Crippen molar-refractivity contribution in [2.45, 2.75) is 12.3 Å². The van der Waals surface area contributed by atoms with Crippen molar-refractivity contribution in [1.82, 2.24) is 4.90 Å². The fraction of sp³-hybridized carbons (Fsp3) is 0.211. The van der Waals surface area contributed by atoms with Crippen LogP contribution in [-0.2, 0) is 0 Å². The predicted octanol–water partition coefficient (Wildman–Crippen LogP) is 4.12. The molecule has 0 aliphatic carbocycles. The van der Waals surface area contributed by atoms with Gasteiger partial charge in [0.25, 0.3) is 5.91 Å². The summed E-state index contributed by atoms with van der Waals surface area (Å²) in [5.74, 6) is 0.335. The van der Waals surface area contributed by atoms with Gasteiger partial charge in [0.2, 0.25) is 0 Å². The average Bonchev–Trinajstić information content (AvgIpc) is 2.55. The minimum absolute atomic E-state index is 0.0561. The van der Waals surface area contributed by atoms with Crippen LogP contribution in [0.4, 0.5) is 0 Å². The molecule has 0 N–H and O–H groups in total. The fourth-order valence-corrected chi connectivity index (χ4v) is 2.46. The van der Waals surface area contributed by atoms with Gasteiger partial charge >= 0.3 is 0 Å². The Balaban J connectivity index is 2.10. The number of carbonyl (C=O) groups excluding carboxylic acids is 1. The fourth-order valence-electron chi connectivity index (χ4n) is 2.46. The van der Waals surface area contributed by atoms with Gasteiger partial charge in [-0.2, -0.15) is 0 Å². The molecule has 0 aliphatic rings. The second kappa shape index (κ2) is 7.44. The first-order valence-corrected chi connectivity index (χ1v) is 7.18. The van der Waals surface area contributed by atoms with E-state index in [0.29, 0.717) is 6.54 Å². The minimum Gasteiger partial charge on any atom is -0.341 e. The average molecular weight is 279 g/mol. The summed E-state index contributed by atoms with van der Waals surface area (Å²) in [7, 11) is 1.86. The molecule has 2 nitrogen and oxygen atoms in total. The van der Waals surface area contributed by atoms with Gasteiger partial charge in [-0.05, 0) is 24.1 Å². The Hall–Kier alpha value is -2.35. The number of nitrogens with zero attached hydrogens (tertiary/aromatic N) is 1. The van der Waals surface area contributed by atoms with E-state index in [9.17, 15) is 4.79 Å². The van der Waals surface area contributed by atoms with Crippen LogP contribution in [0.1, 0.15) is 28.3 Å². The van der Waals surface area contributed by atoms with Crippen molar-refractivity contribution in [2.24, 2.45) is 0 Å². The number of likely N-dealkylation sites (N-methyl/N-ethyl adjacent to an activating group) is 1. The van der Waals surface area contributed by atoms with Gasteiger partial charge in [0.05, 0.1) is 0 Å². The lowest BCUT2D eigenvalue weighted by molar-refractivity contribution is 0.0786. The molecule has 2 aromatic rings. The predicted molar refractivity (Wildman–Crippen MR) is 87.4 cm³/mol. The molecule has 0 spiro atoms. The first kappa shape index (κ1) is 15.0. The smallest absolute Gasteiger partial charge is 0.253 e. The van der Waals surface area contributed by atoms with Crippen LogP contribution < -0.4 is 0 Å². The normalized spacial score (nSPS) is 11.7. The van der Waals surface area contributed by atoms with E-state index in [0.717, 1.165) is 12.0 Å². The largest absolute Gasteiger partial charge is 0.341 e. The van der Waals surface area contributed by atoms with Crippen molar-refractivity contribution in [3.8, 4) is 0 Å². The van der Waals surface area contributed by atoms with Gasteiger partial charge in [-0.25, -0.2) is 0 Å². The molecule has 0 saturated carbocycles. The lowest BCUT2D eigenvalue weighted by Crippen LogP contribution is -2.31. The SMILES string of the molecule is C=CCC(CN(C)C(=O)c1ccccc1)c1ccccc1. The Kier molecular flexibility index (Phi) is 5.33. The molecule has 0 aliphatic heterocycles. The third kappa shape index (κ3) is 4.06. The first-order chi connectivity index (χ1) is 10.2. The summed E-state index contributed by atoms with van der Waals surface area (Å²) in [4.78, 5) is 14.2. The van der Waals surface area contributed by atoms with Crippen LogP contribution >= 0.6 is 0 Å². The van der Waals surface area contributed by atoms with E-state index in [-0.39, 0.29) is 11.8 Å². The standard InChI is InChI=1S/C19H21NO/c1-3-10-18(16-11-6-4-7-12-16)15-20(2)19(21)17-13-8-5-9-14-17/h3-9,11-14,18H,1,10,15H2,2H3. The quantitative estimate of drug-likeness (QED) is 0.728. The molecule has 0 aromatic heterocycles. The monoisotopic (exact) mass is 279 g/mol. The number of benzene rings is 2. The van der Waals surface area contributed by atoms with E-state index in [4.69, 9.17) is 0 Å². The lowest BCUT2D eigenvalue weighted by atomic mass is 9.95. The van der Waals surface area contributed by atoms with E-state index in [1.54, 1.807) is 4.90 Å². The van der Waals surface area contributed by atoms with Crippen LogP contribution in [0.25, 0.3) is 0 Å². The Morgan fingerprint density at radius 1 is 1.10 bits per heavy atom. The number of rotatable bonds is 6. The highest BCUT2D eigenvalue weighted by molar-refractivity contribution is 5.94. The second-order valence-electron chi connectivity index (χ2n) is 5.18. The third-order valence-corrected chi connectivity index (χ3v) is 3.58. The summed E-state index contributed by atoms with van der Waals surface area (Å²) < 4.78 is 0. The number of amides is 1. The van der Waals surface area contributed by atoms with Crippen LogP contribution in [-0.4, -0.2) is 24.4 Å². The zero-order valence-corrected chi connectivity index (χ0v) is 12.4. The van der Waals surface area contributed by atoms with Crippen molar-refractivity contribution >= 4 is 5.91 Å². The number of hydrogen-bond donors (Lipinski definition) is 0. The molecule has 1 atom stereocenters. The zero-order valence-electron chi connectivity index (χ0n) is 12.4. The molecule has 21 heavy (non-hydrogen) atoms. The molecule has 1 unspecified atom stereocenters. The Bertz CT molecular complexity index is 577. The summed E-state index contributed by atoms with van der Waals surface area (Å²) >= 11 is 0. The summed E-state index contributed by atoms with van der Waals surface area (Å²) in [6.07, 6.45) is 2.77. The van der Waals surface area contributed by atoms with Gasteiger partial charge in [0, 0.05) is 25.1 Å². The van der Waals surface area contributed by atoms with E-state index in [1.807, 2.05) is 61.7 Å². The highest BCUT2D eigenvalue weighted by atomic mass is 16.2. The molecule has 0 saturated heterocycles. The molecule has 0 heterocycles. The van der Waals surface area contributed by atoms with Gasteiger partial charge in [0.15, 0.2) is 0 Å². The van der Waals surface area contributed by atoms with Gasteiger partial charge in [-0.1, -0.05) is 54.6 Å². The van der Waals surface area contributed by atoms with E-state index in [1.165, 1.54) is 5.56 Å². The van der Waals surface area contributed by atoms with Crippen LogP contribution in [0, 0.1) is 0 Å². The van der Waals surface area contributed by atoms with Crippen molar-refractivity contribution in [2.75, 3.05) is 13.6 Å². The van der Waals surface area contributed by atoms with Crippen LogP contribution in [0.2, 0.25) is 0 Å². The van der Waals surface area contributed by atoms with Crippen molar-refractivity contribution in [3.05, 3.63) is 84.4 Å². The number of carbonyl (C=O) groups is 1. The van der Waals surface area contributed by atoms with E-state index < -0.39 is 0 Å². The van der Waals surface area contributed by atoms with Gasteiger partial charge < -0.3 is 4.90 Å². The molecule has 2 heteroatoms. The Labute approximate surface area is 126 Å². The topological polar surface area (TPSA) is 20.3 Å². The molecule has 0 bridgehead atoms. The third-order valence-electron chi connectivity index (χ3n) is 3.58. The number of hydrogen-bond acceptors (Lipinski definition) is 1. The van der Waals surface area contributed by atoms with Crippen molar-refractivity contribution < 1.29 is 4.79 Å². The molecular formula is C19H21NO. The highest BCUT2D eigenvalue weighted by Crippen LogP contribution is 2.21. The van der Waals surface area contributed by atoms with Crippen molar-refractivity contribution in [3.63, 3.8) is 0 Å². The Morgan fingerprint density at radius 3 is 2.24 bits per heavy atom. The first-order valence-electron chi connectivity index (χ1n) is 7.18. The molecule has 2 rings (SSSR count). The van der Waals surface area contributed by atoms with Crippen LogP contribution in [0.5, 0.6) is 0 Å². The Morgan fingerprint density at radius 2 is 1.67 bits per heavy atom. The van der Waals surface area contributed by atoms with Crippen molar-refractivity contribution in [1.29, 1.82) is 0 Å². The minimum atomic E-state index is 0.0561. The maximum absolute atomic E-state index is 12.4. The van der Waals surface area contributed by atoms with Crippen LogP contribution in [0.15, 0.2) is 73.3 Å². The lowest BCUT2D eigenvalue weighted by Gasteiger charge is -2.24. The molecule has 0 fully saturated rings. The van der Waals surface area contributed by atoms with Gasteiger partial charge in [-0.3, -0.25) is 4.79 Å². The van der Waals surface area contributed by atoms with E-state index >= 15 is 0 Å². The van der Waals surface area contributed by atoms with E-state index in [2.05, 4.69) is 18.7 Å².